The van der Waals surface area contributed by atoms with Crippen molar-refractivity contribution in [1.29, 1.82) is 0 Å². The van der Waals surface area contributed by atoms with Gasteiger partial charge in [-0.05, 0) is 42.7 Å². The average molecular weight is 266 g/mol. The number of benzene rings is 1. The maximum atomic E-state index is 6.14. The topological polar surface area (TPSA) is 26.0 Å². The van der Waals surface area contributed by atoms with Gasteiger partial charge in [-0.25, -0.2) is 0 Å². The van der Waals surface area contributed by atoms with Crippen LogP contribution in [0.1, 0.15) is 29.8 Å². The standard InChI is InChI=1S/C14H16ClNS/c1-3-12(16)14-8-7-13(17-14)10-5-4-6-11(15)9(10)2/h4-8,12H,3,16H2,1-2H3. The first-order chi connectivity index (χ1) is 8.13. The molecule has 2 N–H and O–H groups in total. The van der Waals surface area contributed by atoms with Gasteiger partial charge in [-0.2, -0.15) is 0 Å². The highest BCUT2D eigenvalue weighted by Crippen LogP contribution is 2.35. The number of halogens is 1. The van der Waals surface area contributed by atoms with Crippen molar-refractivity contribution in [3.8, 4) is 10.4 Å². The first kappa shape index (κ1) is 12.6. The van der Waals surface area contributed by atoms with Crippen molar-refractivity contribution >= 4 is 22.9 Å². The lowest BCUT2D eigenvalue weighted by molar-refractivity contribution is 0.712. The van der Waals surface area contributed by atoms with Crippen molar-refractivity contribution in [2.45, 2.75) is 26.3 Å². The molecule has 2 rings (SSSR count). The SMILES string of the molecule is CCC(N)c1ccc(-c2cccc(Cl)c2C)s1. The second-order valence-corrected chi connectivity index (χ2v) is 5.65. The van der Waals surface area contributed by atoms with Gasteiger partial charge in [0.1, 0.15) is 0 Å². The summed E-state index contributed by atoms with van der Waals surface area (Å²) in [5, 5.41) is 0.817. The van der Waals surface area contributed by atoms with E-state index in [1.807, 2.05) is 12.1 Å². The van der Waals surface area contributed by atoms with E-state index in [9.17, 15) is 0 Å². The Kier molecular flexibility index (Phi) is 3.87. The van der Waals surface area contributed by atoms with E-state index in [0.717, 1.165) is 17.0 Å². The molecule has 0 saturated heterocycles. The molecular weight excluding hydrogens is 250 g/mol. The van der Waals surface area contributed by atoms with E-state index in [0.29, 0.717) is 0 Å². The van der Waals surface area contributed by atoms with E-state index in [-0.39, 0.29) is 6.04 Å². The van der Waals surface area contributed by atoms with Gasteiger partial charge in [0.2, 0.25) is 0 Å². The Hall–Kier alpha value is -0.830. The Labute approximate surface area is 111 Å². The van der Waals surface area contributed by atoms with Gasteiger partial charge in [-0.15, -0.1) is 11.3 Å². The number of hydrogen-bond donors (Lipinski definition) is 1. The third-order valence-corrected chi connectivity index (χ3v) is 4.63. The Morgan fingerprint density at radius 1 is 1.29 bits per heavy atom. The van der Waals surface area contributed by atoms with Crippen molar-refractivity contribution < 1.29 is 0 Å². The summed E-state index contributed by atoms with van der Waals surface area (Å²) in [4.78, 5) is 2.48. The van der Waals surface area contributed by atoms with Gasteiger partial charge < -0.3 is 5.73 Å². The fourth-order valence-electron chi connectivity index (χ4n) is 1.77. The van der Waals surface area contributed by atoms with Crippen molar-refractivity contribution in [1.82, 2.24) is 0 Å². The summed E-state index contributed by atoms with van der Waals surface area (Å²) in [5.74, 6) is 0. The fraction of sp³-hybridized carbons (Fsp3) is 0.286. The molecule has 0 fully saturated rings. The van der Waals surface area contributed by atoms with Gasteiger partial charge in [0.15, 0.2) is 0 Å². The molecule has 3 heteroatoms. The maximum absolute atomic E-state index is 6.14. The van der Waals surface area contributed by atoms with E-state index >= 15 is 0 Å². The average Bonchev–Trinajstić information content (AvgIpc) is 2.81. The van der Waals surface area contributed by atoms with E-state index in [1.54, 1.807) is 11.3 Å². The van der Waals surface area contributed by atoms with Gasteiger partial charge in [0.05, 0.1) is 0 Å². The van der Waals surface area contributed by atoms with Gasteiger partial charge >= 0.3 is 0 Å². The Morgan fingerprint density at radius 3 is 2.76 bits per heavy atom. The van der Waals surface area contributed by atoms with Gasteiger partial charge in [-0.3, -0.25) is 0 Å². The molecule has 0 aliphatic rings. The van der Waals surface area contributed by atoms with Gasteiger partial charge in [0, 0.05) is 20.8 Å². The minimum Gasteiger partial charge on any atom is -0.323 e. The Balaban J connectivity index is 2.40. The zero-order chi connectivity index (χ0) is 12.4. The summed E-state index contributed by atoms with van der Waals surface area (Å²) in [7, 11) is 0. The van der Waals surface area contributed by atoms with Crippen LogP contribution in [0.3, 0.4) is 0 Å². The maximum Gasteiger partial charge on any atom is 0.0441 e. The van der Waals surface area contributed by atoms with Crippen LogP contribution in [0, 0.1) is 6.92 Å². The molecule has 1 aromatic carbocycles. The van der Waals surface area contributed by atoms with Crippen LogP contribution in [-0.4, -0.2) is 0 Å². The highest BCUT2D eigenvalue weighted by molar-refractivity contribution is 7.15. The summed E-state index contributed by atoms with van der Waals surface area (Å²) in [6, 6.07) is 10.4. The highest BCUT2D eigenvalue weighted by atomic mass is 35.5. The normalized spacial score (nSPS) is 12.7. The molecule has 1 aromatic heterocycles. The van der Waals surface area contributed by atoms with Crippen molar-refractivity contribution in [3.05, 3.63) is 45.8 Å². The third kappa shape index (κ3) is 2.54. The summed E-state index contributed by atoms with van der Waals surface area (Å²) >= 11 is 7.90. The van der Waals surface area contributed by atoms with Crippen LogP contribution in [0.25, 0.3) is 10.4 Å². The molecule has 0 saturated carbocycles. The summed E-state index contributed by atoms with van der Waals surface area (Å²) < 4.78 is 0. The summed E-state index contributed by atoms with van der Waals surface area (Å²) in [6.07, 6.45) is 0.967. The fourth-order valence-corrected chi connectivity index (χ4v) is 3.12. The second-order valence-electron chi connectivity index (χ2n) is 4.13. The molecule has 0 aliphatic carbocycles. The van der Waals surface area contributed by atoms with Crippen LogP contribution in [-0.2, 0) is 0 Å². The zero-order valence-electron chi connectivity index (χ0n) is 10.0. The molecule has 17 heavy (non-hydrogen) atoms. The number of hydrogen-bond acceptors (Lipinski definition) is 2. The van der Waals surface area contributed by atoms with Crippen LogP contribution in [0.15, 0.2) is 30.3 Å². The van der Waals surface area contributed by atoms with Crippen LogP contribution >= 0.6 is 22.9 Å². The van der Waals surface area contributed by atoms with Crippen LogP contribution < -0.4 is 5.73 Å². The zero-order valence-corrected chi connectivity index (χ0v) is 11.6. The van der Waals surface area contributed by atoms with E-state index in [2.05, 4.69) is 32.0 Å². The lowest BCUT2D eigenvalue weighted by Crippen LogP contribution is -2.05. The van der Waals surface area contributed by atoms with E-state index < -0.39 is 0 Å². The van der Waals surface area contributed by atoms with Crippen molar-refractivity contribution in [3.63, 3.8) is 0 Å². The summed E-state index contributed by atoms with van der Waals surface area (Å²) in [6.45, 7) is 4.16. The minimum absolute atomic E-state index is 0.147. The molecular formula is C14H16ClNS. The molecule has 0 amide bonds. The van der Waals surface area contributed by atoms with Gasteiger partial charge in [0.25, 0.3) is 0 Å². The smallest absolute Gasteiger partial charge is 0.0441 e. The first-order valence-corrected chi connectivity index (χ1v) is 6.93. The van der Waals surface area contributed by atoms with Crippen LogP contribution in [0.5, 0.6) is 0 Å². The molecule has 1 nitrogen and oxygen atoms in total. The van der Waals surface area contributed by atoms with Gasteiger partial charge in [-0.1, -0.05) is 30.7 Å². The number of thiophene rings is 1. The van der Waals surface area contributed by atoms with Crippen molar-refractivity contribution in [2.24, 2.45) is 5.73 Å². The number of rotatable bonds is 3. The number of nitrogens with two attached hydrogens (primary N) is 1. The molecule has 0 radical (unpaired) electrons. The summed E-state index contributed by atoms with van der Waals surface area (Å²) in [5.41, 5.74) is 8.38. The quantitative estimate of drug-likeness (QED) is 0.849. The van der Waals surface area contributed by atoms with Crippen LogP contribution in [0.4, 0.5) is 0 Å². The van der Waals surface area contributed by atoms with E-state index in [4.69, 9.17) is 17.3 Å². The second kappa shape index (κ2) is 5.21. The van der Waals surface area contributed by atoms with Crippen molar-refractivity contribution in [2.75, 3.05) is 0 Å². The molecule has 0 aliphatic heterocycles. The predicted molar refractivity (Wildman–Crippen MR) is 76.7 cm³/mol. The first-order valence-electron chi connectivity index (χ1n) is 5.74. The molecule has 90 valence electrons. The lowest BCUT2D eigenvalue weighted by atomic mass is 10.1. The minimum atomic E-state index is 0.147. The molecule has 0 spiro atoms. The molecule has 1 heterocycles. The Bertz CT molecular complexity index is 519. The van der Waals surface area contributed by atoms with Crippen LogP contribution in [0.2, 0.25) is 5.02 Å². The largest absolute Gasteiger partial charge is 0.323 e. The monoisotopic (exact) mass is 265 g/mol. The lowest BCUT2D eigenvalue weighted by Gasteiger charge is -2.06. The molecule has 1 atom stereocenters. The molecule has 0 bridgehead atoms. The molecule has 1 unspecified atom stereocenters. The third-order valence-electron chi connectivity index (χ3n) is 2.97. The Morgan fingerprint density at radius 2 is 2.06 bits per heavy atom. The highest BCUT2D eigenvalue weighted by Gasteiger charge is 2.10. The molecule has 2 aromatic rings. The van der Waals surface area contributed by atoms with E-state index in [1.165, 1.54) is 15.3 Å². The predicted octanol–water partition coefficient (Wildman–Crippen LogP) is 4.79.